The molecule has 0 saturated carbocycles. The lowest BCUT2D eigenvalue weighted by atomic mass is 9.88. The van der Waals surface area contributed by atoms with Crippen LogP contribution in [0.3, 0.4) is 0 Å². The van der Waals surface area contributed by atoms with Crippen LogP contribution in [0.4, 0.5) is 0 Å². The first kappa shape index (κ1) is 12.6. The quantitative estimate of drug-likeness (QED) is 0.863. The second-order valence-corrected chi connectivity index (χ2v) is 5.75. The molecule has 1 saturated heterocycles. The van der Waals surface area contributed by atoms with E-state index >= 15 is 0 Å². The fourth-order valence-electron chi connectivity index (χ4n) is 2.10. The van der Waals surface area contributed by atoms with Crippen LogP contribution in [-0.4, -0.2) is 19.8 Å². The van der Waals surface area contributed by atoms with Crippen molar-refractivity contribution in [3.8, 4) is 0 Å². The number of hydrogen-bond donors (Lipinski definition) is 1. The van der Waals surface area contributed by atoms with Gasteiger partial charge in [0.25, 0.3) is 0 Å². The van der Waals surface area contributed by atoms with Crippen LogP contribution in [0.1, 0.15) is 36.6 Å². The van der Waals surface area contributed by atoms with Gasteiger partial charge in [0.1, 0.15) is 0 Å². The van der Waals surface area contributed by atoms with Gasteiger partial charge in [0.15, 0.2) is 0 Å². The molecule has 2 nitrogen and oxygen atoms in total. The van der Waals surface area contributed by atoms with Crippen LogP contribution in [0.15, 0.2) is 18.2 Å². The summed E-state index contributed by atoms with van der Waals surface area (Å²) >= 11 is 0. The van der Waals surface area contributed by atoms with Crippen LogP contribution in [0.25, 0.3) is 0 Å². The van der Waals surface area contributed by atoms with E-state index in [0.717, 1.165) is 19.8 Å². The number of nitrogens with one attached hydrogen (secondary N) is 1. The van der Waals surface area contributed by atoms with Gasteiger partial charge in [-0.3, -0.25) is 0 Å². The standard InChI is InChI=1S/C15H23NO/c1-11-5-6-14(7-12(11)2)13(3)16-8-15(4)9-17-10-15/h5-7,13,16H,8-10H2,1-4H3. The van der Waals surface area contributed by atoms with E-state index in [1.54, 1.807) is 0 Å². The largest absolute Gasteiger partial charge is 0.380 e. The number of aryl methyl sites for hydroxylation is 2. The molecular weight excluding hydrogens is 210 g/mol. The molecule has 94 valence electrons. The van der Waals surface area contributed by atoms with Crippen LogP contribution in [0, 0.1) is 19.3 Å². The fraction of sp³-hybridized carbons (Fsp3) is 0.600. The van der Waals surface area contributed by atoms with Crippen LogP contribution in [-0.2, 0) is 4.74 Å². The topological polar surface area (TPSA) is 21.3 Å². The van der Waals surface area contributed by atoms with Gasteiger partial charge >= 0.3 is 0 Å². The molecule has 0 amide bonds. The molecule has 0 radical (unpaired) electrons. The first-order valence-electron chi connectivity index (χ1n) is 6.38. The van der Waals surface area contributed by atoms with E-state index in [1.165, 1.54) is 16.7 Å². The lowest BCUT2D eigenvalue weighted by molar-refractivity contribution is -0.0999. The molecule has 17 heavy (non-hydrogen) atoms. The highest BCUT2D eigenvalue weighted by atomic mass is 16.5. The zero-order valence-corrected chi connectivity index (χ0v) is 11.3. The van der Waals surface area contributed by atoms with Crippen molar-refractivity contribution < 1.29 is 4.74 Å². The summed E-state index contributed by atoms with van der Waals surface area (Å²) < 4.78 is 5.27. The average Bonchev–Trinajstić information content (AvgIpc) is 2.27. The summed E-state index contributed by atoms with van der Waals surface area (Å²) in [6.45, 7) is 11.6. The summed E-state index contributed by atoms with van der Waals surface area (Å²) in [5.41, 5.74) is 4.44. The Morgan fingerprint density at radius 2 is 2.00 bits per heavy atom. The Bertz CT molecular complexity index is 396. The monoisotopic (exact) mass is 233 g/mol. The van der Waals surface area contributed by atoms with Gasteiger partial charge in [0, 0.05) is 18.0 Å². The summed E-state index contributed by atoms with van der Waals surface area (Å²) in [6, 6.07) is 7.12. The van der Waals surface area contributed by atoms with Crippen molar-refractivity contribution in [2.24, 2.45) is 5.41 Å². The Labute approximate surface area is 104 Å². The van der Waals surface area contributed by atoms with Crippen molar-refractivity contribution in [1.82, 2.24) is 5.32 Å². The summed E-state index contributed by atoms with van der Waals surface area (Å²) in [6.07, 6.45) is 0. The molecule has 1 atom stereocenters. The van der Waals surface area contributed by atoms with E-state index in [0.29, 0.717) is 11.5 Å². The van der Waals surface area contributed by atoms with Crippen molar-refractivity contribution in [2.75, 3.05) is 19.8 Å². The van der Waals surface area contributed by atoms with Crippen LogP contribution in [0.5, 0.6) is 0 Å². The molecule has 1 aliphatic heterocycles. The third kappa shape index (κ3) is 2.88. The number of ether oxygens (including phenoxy) is 1. The minimum atomic E-state index is 0.341. The van der Waals surface area contributed by atoms with Crippen molar-refractivity contribution in [3.05, 3.63) is 34.9 Å². The summed E-state index contributed by atoms with van der Waals surface area (Å²) in [5.74, 6) is 0. The highest BCUT2D eigenvalue weighted by molar-refractivity contribution is 5.31. The van der Waals surface area contributed by atoms with Gasteiger partial charge in [-0.05, 0) is 37.5 Å². The SMILES string of the molecule is Cc1ccc(C(C)NCC2(C)COC2)cc1C. The van der Waals surface area contributed by atoms with Gasteiger partial charge in [-0.1, -0.05) is 25.1 Å². The smallest absolute Gasteiger partial charge is 0.0554 e. The highest BCUT2D eigenvalue weighted by Crippen LogP contribution is 2.26. The van der Waals surface area contributed by atoms with E-state index in [1.807, 2.05) is 0 Å². The Balaban J connectivity index is 1.94. The van der Waals surface area contributed by atoms with Crippen molar-refractivity contribution in [2.45, 2.75) is 33.7 Å². The molecule has 0 spiro atoms. The van der Waals surface area contributed by atoms with E-state index in [9.17, 15) is 0 Å². The summed E-state index contributed by atoms with van der Waals surface area (Å²) in [4.78, 5) is 0. The first-order chi connectivity index (χ1) is 8.00. The predicted molar refractivity (Wildman–Crippen MR) is 71.3 cm³/mol. The van der Waals surface area contributed by atoms with Crippen LogP contribution in [0.2, 0.25) is 0 Å². The molecule has 1 aromatic rings. The van der Waals surface area contributed by atoms with E-state index in [-0.39, 0.29) is 0 Å². The van der Waals surface area contributed by atoms with Gasteiger partial charge in [-0.25, -0.2) is 0 Å². The predicted octanol–water partition coefficient (Wildman–Crippen LogP) is 2.99. The van der Waals surface area contributed by atoms with Gasteiger partial charge < -0.3 is 10.1 Å². The zero-order valence-electron chi connectivity index (χ0n) is 11.3. The number of rotatable bonds is 4. The third-order valence-corrected chi connectivity index (χ3v) is 3.77. The van der Waals surface area contributed by atoms with Crippen molar-refractivity contribution in [1.29, 1.82) is 0 Å². The number of hydrogen-bond acceptors (Lipinski definition) is 2. The molecule has 0 aliphatic carbocycles. The maximum Gasteiger partial charge on any atom is 0.0554 e. The molecule has 0 bridgehead atoms. The Morgan fingerprint density at radius 1 is 1.29 bits per heavy atom. The first-order valence-corrected chi connectivity index (χ1v) is 6.38. The maximum atomic E-state index is 5.27. The van der Waals surface area contributed by atoms with Crippen molar-refractivity contribution in [3.63, 3.8) is 0 Å². The number of benzene rings is 1. The molecule has 0 aromatic heterocycles. The minimum Gasteiger partial charge on any atom is -0.380 e. The lowest BCUT2D eigenvalue weighted by Crippen LogP contribution is -2.47. The zero-order chi connectivity index (χ0) is 12.5. The molecule has 1 fully saturated rings. The minimum absolute atomic E-state index is 0.341. The van der Waals surface area contributed by atoms with Crippen molar-refractivity contribution >= 4 is 0 Å². The van der Waals surface area contributed by atoms with E-state index in [4.69, 9.17) is 4.74 Å². The van der Waals surface area contributed by atoms with E-state index < -0.39 is 0 Å². The van der Waals surface area contributed by atoms with Gasteiger partial charge in [-0.2, -0.15) is 0 Å². The second kappa shape index (κ2) is 4.79. The van der Waals surface area contributed by atoms with Gasteiger partial charge in [0.05, 0.1) is 13.2 Å². The average molecular weight is 233 g/mol. The molecule has 1 unspecified atom stereocenters. The summed E-state index contributed by atoms with van der Waals surface area (Å²) in [5, 5.41) is 3.61. The Morgan fingerprint density at radius 3 is 2.53 bits per heavy atom. The van der Waals surface area contributed by atoms with Gasteiger partial charge in [0.2, 0.25) is 0 Å². The molecule has 1 heterocycles. The molecule has 2 heteroatoms. The molecule has 1 aromatic carbocycles. The third-order valence-electron chi connectivity index (χ3n) is 3.77. The van der Waals surface area contributed by atoms with Crippen LogP contribution >= 0.6 is 0 Å². The molecular formula is C15H23NO. The molecule has 1 aliphatic rings. The molecule has 2 rings (SSSR count). The Kier molecular flexibility index (Phi) is 3.55. The lowest BCUT2D eigenvalue weighted by Gasteiger charge is -2.39. The van der Waals surface area contributed by atoms with E-state index in [2.05, 4.69) is 51.2 Å². The molecule has 1 N–H and O–H groups in total. The summed E-state index contributed by atoms with van der Waals surface area (Å²) in [7, 11) is 0. The Hall–Kier alpha value is -0.860. The fourth-order valence-corrected chi connectivity index (χ4v) is 2.10. The van der Waals surface area contributed by atoms with Crippen LogP contribution < -0.4 is 5.32 Å². The van der Waals surface area contributed by atoms with Gasteiger partial charge in [-0.15, -0.1) is 0 Å². The normalized spacial score (nSPS) is 19.8. The maximum absolute atomic E-state index is 5.27. The second-order valence-electron chi connectivity index (χ2n) is 5.75. The highest BCUT2D eigenvalue weighted by Gasteiger charge is 2.33.